The highest BCUT2D eigenvalue weighted by atomic mass is 14.4. The zero-order valence-electron chi connectivity index (χ0n) is 13.2. The second-order valence-electron chi connectivity index (χ2n) is 6.19. The van der Waals surface area contributed by atoms with Crippen LogP contribution in [0, 0.1) is 11.8 Å². The Morgan fingerprint density at radius 2 is 0.556 bits per heavy atom. The van der Waals surface area contributed by atoms with Crippen molar-refractivity contribution in [3.05, 3.63) is 44.6 Å². The van der Waals surface area contributed by atoms with Crippen LogP contribution in [0.3, 0.4) is 0 Å². The summed E-state index contributed by atoms with van der Waals surface area (Å²) in [5.74, 6) is 1.22. The first-order valence-corrected chi connectivity index (χ1v) is 6.99. The molecule has 0 N–H and O–H groups in total. The molecule has 0 amide bonds. The van der Waals surface area contributed by atoms with Gasteiger partial charge < -0.3 is 0 Å². The molecule has 18 heavy (non-hydrogen) atoms. The van der Waals surface area contributed by atoms with Crippen LogP contribution in [-0.2, 0) is 0 Å². The average molecular weight is 242 g/mol. The Balaban J connectivity index is 2.54. The van der Waals surface area contributed by atoms with E-state index in [9.17, 15) is 0 Å². The van der Waals surface area contributed by atoms with E-state index in [1.165, 1.54) is 22.3 Å². The van der Waals surface area contributed by atoms with E-state index in [1.54, 1.807) is 22.3 Å². The summed E-state index contributed by atoms with van der Waals surface area (Å²) in [4.78, 5) is 0. The van der Waals surface area contributed by atoms with Crippen LogP contribution in [0.15, 0.2) is 44.6 Å². The van der Waals surface area contributed by atoms with E-state index in [-0.39, 0.29) is 0 Å². The maximum Gasteiger partial charge on any atom is 0.0116 e. The van der Waals surface area contributed by atoms with Gasteiger partial charge in [0.25, 0.3) is 0 Å². The third-order valence-electron chi connectivity index (χ3n) is 5.69. The van der Waals surface area contributed by atoms with Crippen molar-refractivity contribution in [3.8, 4) is 0 Å². The molecule has 0 fully saturated rings. The lowest BCUT2D eigenvalue weighted by molar-refractivity contribution is 0.562. The largest absolute Gasteiger partial charge is 0.0620 e. The normalized spacial score (nSPS) is 23.3. The van der Waals surface area contributed by atoms with Crippen molar-refractivity contribution in [1.82, 2.24) is 0 Å². The van der Waals surface area contributed by atoms with Gasteiger partial charge in [0.05, 0.1) is 0 Å². The van der Waals surface area contributed by atoms with Gasteiger partial charge in [-0.3, -0.25) is 0 Å². The minimum absolute atomic E-state index is 0.609. The highest BCUT2D eigenvalue weighted by Gasteiger charge is 2.36. The van der Waals surface area contributed by atoms with Crippen LogP contribution < -0.4 is 0 Å². The molecule has 0 radical (unpaired) electrons. The van der Waals surface area contributed by atoms with Crippen LogP contribution in [0.2, 0.25) is 0 Å². The fourth-order valence-corrected chi connectivity index (χ4v) is 3.77. The Morgan fingerprint density at radius 3 is 0.722 bits per heavy atom. The molecule has 0 bridgehead atoms. The van der Waals surface area contributed by atoms with E-state index in [2.05, 4.69) is 55.4 Å². The van der Waals surface area contributed by atoms with Gasteiger partial charge in [0.1, 0.15) is 0 Å². The molecule has 0 heterocycles. The van der Waals surface area contributed by atoms with Crippen LogP contribution in [0.5, 0.6) is 0 Å². The number of hydrogen-bond donors (Lipinski definition) is 0. The summed E-state index contributed by atoms with van der Waals surface area (Å²) in [5, 5.41) is 0. The van der Waals surface area contributed by atoms with Gasteiger partial charge in [-0.05, 0) is 77.7 Å². The smallest absolute Gasteiger partial charge is 0.0116 e. The summed E-state index contributed by atoms with van der Waals surface area (Å²) in [7, 11) is 0. The second-order valence-corrected chi connectivity index (χ2v) is 6.19. The van der Waals surface area contributed by atoms with Crippen LogP contribution in [0.25, 0.3) is 0 Å². The predicted molar refractivity (Wildman–Crippen MR) is 80.5 cm³/mol. The number of rotatable bonds is 1. The molecule has 0 saturated carbocycles. The molecule has 0 atom stereocenters. The molecular formula is C18H26. The van der Waals surface area contributed by atoms with E-state index < -0.39 is 0 Å². The van der Waals surface area contributed by atoms with Gasteiger partial charge >= 0.3 is 0 Å². The lowest BCUT2D eigenvalue weighted by atomic mass is 9.77. The van der Waals surface area contributed by atoms with E-state index in [1.807, 2.05) is 0 Å². The Bertz CT molecular complexity index is 434. The molecule has 0 aromatic heterocycles. The molecule has 98 valence electrons. The van der Waals surface area contributed by atoms with E-state index in [0.29, 0.717) is 11.8 Å². The lowest BCUT2D eigenvalue weighted by Crippen LogP contribution is -2.16. The number of allylic oxidation sites excluding steroid dienone is 8. The fourth-order valence-electron chi connectivity index (χ4n) is 3.77. The minimum Gasteiger partial charge on any atom is -0.0620 e. The molecule has 2 aliphatic rings. The Hall–Kier alpha value is -1.04. The van der Waals surface area contributed by atoms with E-state index in [0.717, 1.165) is 0 Å². The maximum absolute atomic E-state index is 2.32. The monoisotopic (exact) mass is 242 g/mol. The molecule has 0 spiro atoms. The molecular weight excluding hydrogens is 216 g/mol. The summed E-state index contributed by atoms with van der Waals surface area (Å²) in [6.07, 6.45) is 0. The van der Waals surface area contributed by atoms with E-state index >= 15 is 0 Å². The predicted octanol–water partition coefficient (Wildman–Crippen LogP) is 5.59. The first-order valence-electron chi connectivity index (χ1n) is 6.99. The fraction of sp³-hybridized carbons (Fsp3) is 0.556. The van der Waals surface area contributed by atoms with Crippen LogP contribution in [0.4, 0.5) is 0 Å². The van der Waals surface area contributed by atoms with Gasteiger partial charge in [0.2, 0.25) is 0 Å². The average Bonchev–Trinajstić information content (AvgIpc) is 2.64. The molecule has 0 heteroatoms. The van der Waals surface area contributed by atoms with Crippen molar-refractivity contribution in [1.29, 1.82) is 0 Å². The standard InChI is InChI=1S/C18H26/c1-9-10(2)14(6)17(13(9)5)18-15(7)11(3)12(4)16(18)8/h17-18H,1-8H3. The van der Waals surface area contributed by atoms with Crippen molar-refractivity contribution in [2.24, 2.45) is 11.8 Å². The Kier molecular flexibility index (Phi) is 3.17. The Labute approximate surface area is 112 Å². The molecule has 2 aliphatic carbocycles. The minimum atomic E-state index is 0.609. The van der Waals surface area contributed by atoms with Crippen molar-refractivity contribution < 1.29 is 0 Å². The molecule has 2 rings (SSSR count). The van der Waals surface area contributed by atoms with Gasteiger partial charge in [0, 0.05) is 11.8 Å². The first kappa shape index (κ1) is 13.4. The zero-order valence-corrected chi connectivity index (χ0v) is 13.2. The second kappa shape index (κ2) is 4.26. The van der Waals surface area contributed by atoms with Crippen molar-refractivity contribution >= 4 is 0 Å². The summed E-state index contributed by atoms with van der Waals surface area (Å²) < 4.78 is 0. The SMILES string of the molecule is CC1=C(C)C(C2C(C)=C(C)C(C)=C2C)C(C)=C1C. The van der Waals surface area contributed by atoms with Crippen LogP contribution in [0.1, 0.15) is 55.4 Å². The molecule has 0 nitrogen and oxygen atoms in total. The molecule has 0 unspecified atom stereocenters. The Morgan fingerprint density at radius 1 is 0.389 bits per heavy atom. The van der Waals surface area contributed by atoms with Crippen LogP contribution >= 0.6 is 0 Å². The summed E-state index contributed by atoms with van der Waals surface area (Å²) in [5.41, 5.74) is 12.4. The lowest BCUT2D eigenvalue weighted by Gasteiger charge is -2.26. The first-order chi connectivity index (χ1) is 8.29. The zero-order chi connectivity index (χ0) is 13.8. The highest BCUT2D eigenvalue weighted by molar-refractivity contribution is 5.54. The van der Waals surface area contributed by atoms with Crippen LogP contribution in [-0.4, -0.2) is 0 Å². The van der Waals surface area contributed by atoms with Gasteiger partial charge in [-0.1, -0.05) is 22.3 Å². The third kappa shape index (κ3) is 1.58. The summed E-state index contributed by atoms with van der Waals surface area (Å²) >= 11 is 0. The molecule has 0 aromatic carbocycles. The van der Waals surface area contributed by atoms with Gasteiger partial charge in [-0.15, -0.1) is 0 Å². The molecule has 0 aliphatic heterocycles. The van der Waals surface area contributed by atoms with Crippen molar-refractivity contribution in [2.45, 2.75) is 55.4 Å². The van der Waals surface area contributed by atoms with Gasteiger partial charge in [-0.25, -0.2) is 0 Å². The maximum atomic E-state index is 2.32. The van der Waals surface area contributed by atoms with E-state index in [4.69, 9.17) is 0 Å². The summed E-state index contributed by atoms with van der Waals surface area (Å²) in [6, 6.07) is 0. The quantitative estimate of drug-likeness (QED) is 0.562. The highest BCUT2D eigenvalue weighted by Crippen LogP contribution is 2.50. The molecule has 0 aromatic rings. The van der Waals surface area contributed by atoms with Crippen molar-refractivity contribution in [3.63, 3.8) is 0 Å². The van der Waals surface area contributed by atoms with Crippen molar-refractivity contribution in [2.75, 3.05) is 0 Å². The topological polar surface area (TPSA) is 0 Å². The summed E-state index contributed by atoms with van der Waals surface area (Å²) in [6.45, 7) is 18.4. The third-order valence-corrected chi connectivity index (χ3v) is 5.69. The number of hydrogen-bond acceptors (Lipinski definition) is 0. The van der Waals surface area contributed by atoms with Gasteiger partial charge in [0.15, 0.2) is 0 Å². The molecule has 0 saturated heterocycles. The van der Waals surface area contributed by atoms with Gasteiger partial charge in [-0.2, -0.15) is 0 Å².